The van der Waals surface area contributed by atoms with Gasteiger partial charge in [0.2, 0.25) is 11.8 Å². The number of imide groups is 1. The summed E-state index contributed by atoms with van der Waals surface area (Å²) in [7, 11) is 2.12. The minimum absolute atomic E-state index is 0.0213. The van der Waals surface area contributed by atoms with Crippen molar-refractivity contribution in [2.45, 2.75) is 19.4 Å². The number of benzene rings is 1. The molecule has 0 spiro atoms. The summed E-state index contributed by atoms with van der Waals surface area (Å²) in [4.78, 5) is 40.0. The number of anilines is 2. The standard InChI is InChI=1S/C18H25N5O3/c1-12-15(17(25)21-18(26)19-12)11-16(24)20-13-3-5-14(6-4-13)23-9-7-22(2)8-10-23/h3-6,12,15H,7-11H2,1-2H3,(H,20,24)(H2,19,21,25,26). The maximum absolute atomic E-state index is 12.3. The van der Waals surface area contributed by atoms with E-state index in [1.165, 1.54) is 0 Å². The van der Waals surface area contributed by atoms with Gasteiger partial charge in [-0.05, 0) is 38.2 Å². The number of piperazine rings is 1. The summed E-state index contributed by atoms with van der Waals surface area (Å²) in [6, 6.07) is 6.85. The highest BCUT2D eigenvalue weighted by Crippen LogP contribution is 2.20. The first-order chi connectivity index (χ1) is 12.4. The van der Waals surface area contributed by atoms with Crippen LogP contribution in [-0.2, 0) is 9.59 Å². The maximum atomic E-state index is 12.3. The number of likely N-dealkylation sites (N-methyl/N-ethyl adjacent to an activating group) is 1. The van der Waals surface area contributed by atoms with Crippen molar-refractivity contribution in [2.75, 3.05) is 43.4 Å². The minimum atomic E-state index is -0.572. The molecule has 2 atom stereocenters. The van der Waals surface area contributed by atoms with Gasteiger partial charge in [0.1, 0.15) is 0 Å². The molecule has 0 bridgehead atoms. The molecule has 0 aliphatic carbocycles. The molecule has 3 N–H and O–H groups in total. The summed E-state index contributed by atoms with van der Waals surface area (Å²) in [5.41, 5.74) is 1.83. The van der Waals surface area contributed by atoms with Gasteiger partial charge < -0.3 is 20.4 Å². The largest absolute Gasteiger partial charge is 0.369 e. The predicted molar refractivity (Wildman–Crippen MR) is 99.0 cm³/mol. The van der Waals surface area contributed by atoms with Gasteiger partial charge in [-0.15, -0.1) is 0 Å². The van der Waals surface area contributed by atoms with Gasteiger partial charge in [0.05, 0.1) is 5.92 Å². The van der Waals surface area contributed by atoms with Crippen molar-refractivity contribution in [3.05, 3.63) is 24.3 Å². The summed E-state index contributed by atoms with van der Waals surface area (Å²) in [6.07, 6.45) is 0.0213. The first-order valence-corrected chi connectivity index (χ1v) is 8.87. The van der Waals surface area contributed by atoms with Crippen LogP contribution in [0.1, 0.15) is 13.3 Å². The van der Waals surface area contributed by atoms with Crippen LogP contribution in [-0.4, -0.2) is 62.0 Å². The van der Waals surface area contributed by atoms with Crippen LogP contribution < -0.4 is 20.9 Å². The molecule has 1 aromatic rings. The molecular formula is C18H25N5O3. The third-order valence-electron chi connectivity index (χ3n) is 4.96. The zero-order chi connectivity index (χ0) is 18.7. The fourth-order valence-corrected chi connectivity index (χ4v) is 3.28. The number of carbonyl (C=O) groups is 3. The topological polar surface area (TPSA) is 93.8 Å². The second-order valence-corrected chi connectivity index (χ2v) is 6.95. The van der Waals surface area contributed by atoms with E-state index in [1.807, 2.05) is 24.3 Å². The second-order valence-electron chi connectivity index (χ2n) is 6.95. The van der Waals surface area contributed by atoms with Crippen LogP contribution in [0.2, 0.25) is 0 Å². The molecule has 0 saturated carbocycles. The van der Waals surface area contributed by atoms with Gasteiger partial charge in [0, 0.05) is 50.0 Å². The van der Waals surface area contributed by atoms with Gasteiger partial charge in [0.15, 0.2) is 0 Å². The molecule has 2 aliphatic rings. The molecule has 4 amide bonds. The Labute approximate surface area is 152 Å². The van der Waals surface area contributed by atoms with E-state index >= 15 is 0 Å². The molecule has 2 heterocycles. The van der Waals surface area contributed by atoms with Gasteiger partial charge in [-0.1, -0.05) is 0 Å². The summed E-state index contributed by atoms with van der Waals surface area (Å²) in [5.74, 6) is -1.24. The van der Waals surface area contributed by atoms with Gasteiger partial charge >= 0.3 is 6.03 Å². The molecule has 2 saturated heterocycles. The molecule has 0 aromatic heterocycles. The summed E-state index contributed by atoms with van der Waals surface area (Å²) in [5, 5.41) is 7.63. The SMILES string of the molecule is CC1NC(=O)NC(=O)C1CC(=O)Nc1ccc(N2CCN(C)CC2)cc1. The maximum Gasteiger partial charge on any atom is 0.321 e. The van der Waals surface area contributed by atoms with Crippen molar-refractivity contribution < 1.29 is 14.4 Å². The molecule has 8 nitrogen and oxygen atoms in total. The molecule has 140 valence electrons. The first-order valence-electron chi connectivity index (χ1n) is 8.87. The van der Waals surface area contributed by atoms with E-state index < -0.39 is 17.9 Å². The van der Waals surface area contributed by atoms with E-state index in [-0.39, 0.29) is 18.4 Å². The third kappa shape index (κ3) is 4.32. The molecule has 26 heavy (non-hydrogen) atoms. The number of urea groups is 1. The molecule has 3 rings (SSSR count). The first kappa shape index (κ1) is 18.2. The lowest BCUT2D eigenvalue weighted by molar-refractivity contribution is -0.129. The van der Waals surface area contributed by atoms with Crippen molar-refractivity contribution in [1.29, 1.82) is 0 Å². The highest BCUT2D eigenvalue weighted by molar-refractivity contribution is 6.01. The molecule has 8 heteroatoms. The number of nitrogens with zero attached hydrogens (tertiary/aromatic N) is 2. The lowest BCUT2D eigenvalue weighted by Crippen LogP contribution is -2.57. The Balaban J connectivity index is 1.54. The van der Waals surface area contributed by atoms with Crippen molar-refractivity contribution in [1.82, 2.24) is 15.5 Å². The number of carbonyl (C=O) groups excluding carboxylic acids is 3. The average molecular weight is 359 g/mol. The third-order valence-corrected chi connectivity index (χ3v) is 4.96. The quantitative estimate of drug-likeness (QED) is 0.732. The molecule has 1 aromatic carbocycles. The number of hydrogen-bond acceptors (Lipinski definition) is 5. The second kappa shape index (κ2) is 7.74. The van der Waals surface area contributed by atoms with E-state index in [9.17, 15) is 14.4 Å². The van der Waals surface area contributed by atoms with Crippen LogP contribution in [0.3, 0.4) is 0 Å². The highest BCUT2D eigenvalue weighted by Gasteiger charge is 2.34. The Morgan fingerprint density at radius 2 is 1.81 bits per heavy atom. The monoisotopic (exact) mass is 359 g/mol. The summed E-state index contributed by atoms with van der Waals surface area (Å²) < 4.78 is 0. The van der Waals surface area contributed by atoms with Crippen molar-refractivity contribution in [3.63, 3.8) is 0 Å². The summed E-state index contributed by atoms with van der Waals surface area (Å²) >= 11 is 0. The Kier molecular flexibility index (Phi) is 5.41. The Morgan fingerprint density at radius 3 is 2.42 bits per heavy atom. The van der Waals surface area contributed by atoms with E-state index in [2.05, 4.69) is 32.8 Å². The number of rotatable bonds is 4. The Hall–Kier alpha value is -2.61. The lowest BCUT2D eigenvalue weighted by Gasteiger charge is -2.34. The Morgan fingerprint density at radius 1 is 1.15 bits per heavy atom. The van der Waals surface area contributed by atoms with Gasteiger partial charge in [-0.3, -0.25) is 14.9 Å². The fourth-order valence-electron chi connectivity index (χ4n) is 3.28. The Bertz CT molecular complexity index is 683. The van der Waals surface area contributed by atoms with Crippen molar-refractivity contribution in [2.24, 2.45) is 5.92 Å². The summed E-state index contributed by atoms with van der Waals surface area (Å²) in [6.45, 7) is 5.78. The highest BCUT2D eigenvalue weighted by atomic mass is 16.2. The molecular weight excluding hydrogens is 334 g/mol. The van der Waals surface area contributed by atoms with Gasteiger partial charge in [0.25, 0.3) is 0 Å². The number of hydrogen-bond donors (Lipinski definition) is 3. The van der Waals surface area contributed by atoms with Crippen LogP contribution in [0.25, 0.3) is 0 Å². The van der Waals surface area contributed by atoms with E-state index in [0.717, 1.165) is 31.9 Å². The van der Waals surface area contributed by atoms with Crippen molar-refractivity contribution >= 4 is 29.2 Å². The van der Waals surface area contributed by atoms with E-state index in [1.54, 1.807) is 6.92 Å². The minimum Gasteiger partial charge on any atom is -0.369 e. The fraction of sp³-hybridized carbons (Fsp3) is 0.500. The zero-order valence-corrected chi connectivity index (χ0v) is 15.1. The zero-order valence-electron chi connectivity index (χ0n) is 15.1. The average Bonchev–Trinajstić information content (AvgIpc) is 2.59. The number of nitrogens with one attached hydrogen (secondary N) is 3. The van der Waals surface area contributed by atoms with Crippen LogP contribution >= 0.6 is 0 Å². The normalized spacial score (nSPS) is 24.0. The lowest BCUT2D eigenvalue weighted by atomic mass is 9.94. The van der Waals surface area contributed by atoms with Crippen LogP contribution in [0.15, 0.2) is 24.3 Å². The molecule has 2 fully saturated rings. The molecule has 2 aliphatic heterocycles. The van der Waals surface area contributed by atoms with Gasteiger partial charge in [-0.2, -0.15) is 0 Å². The molecule has 2 unspecified atom stereocenters. The van der Waals surface area contributed by atoms with Crippen LogP contribution in [0.4, 0.5) is 16.2 Å². The predicted octanol–water partition coefficient (Wildman–Crippen LogP) is 0.611. The van der Waals surface area contributed by atoms with Gasteiger partial charge in [-0.25, -0.2) is 4.79 Å². The number of amides is 4. The van der Waals surface area contributed by atoms with Crippen molar-refractivity contribution in [3.8, 4) is 0 Å². The van der Waals surface area contributed by atoms with Crippen LogP contribution in [0, 0.1) is 5.92 Å². The van der Waals surface area contributed by atoms with E-state index in [0.29, 0.717) is 5.69 Å². The smallest absolute Gasteiger partial charge is 0.321 e. The molecule has 0 radical (unpaired) electrons. The van der Waals surface area contributed by atoms with Crippen LogP contribution in [0.5, 0.6) is 0 Å². The van der Waals surface area contributed by atoms with E-state index in [4.69, 9.17) is 0 Å².